The van der Waals surface area contributed by atoms with E-state index in [2.05, 4.69) is 20.8 Å². The molecular formula is CH3LiN6O3. The van der Waals surface area contributed by atoms with Crippen LogP contribution in [0.25, 0.3) is 5.43 Å². The zero-order valence-electron chi connectivity index (χ0n) is 5.55. The molecule has 1 rings (SSSR count). The van der Waals surface area contributed by atoms with E-state index in [1.165, 1.54) is 0 Å². The Morgan fingerprint density at radius 1 is 1.64 bits per heavy atom. The van der Waals surface area contributed by atoms with Crippen LogP contribution >= 0.6 is 0 Å². The van der Waals surface area contributed by atoms with Gasteiger partial charge in [-0.15, -0.1) is 5.21 Å². The van der Waals surface area contributed by atoms with Gasteiger partial charge in [0.25, 0.3) is 0 Å². The van der Waals surface area contributed by atoms with Crippen LogP contribution in [0.5, 0.6) is 0 Å². The first-order chi connectivity index (χ1) is 4.29. The van der Waals surface area contributed by atoms with Gasteiger partial charge in [0.15, 0.2) is 0 Å². The van der Waals surface area contributed by atoms with Gasteiger partial charge in [-0.2, -0.15) is 0 Å². The molecule has 0 radical (unpaired) electrons. The van der Waals surface area contributed by atoms with Crippen molar-refractivity contribution in [3.8, 4) is 0 Å². The molecule has 11 heavy (non-hydrogen) atoms. The average Bonchev–Trinajstić information content (AvgIpc) is 2.15. The fraction of sp³-hybridized carbons (Fsp3) is 0. The third-order valence-electron chi connectivity index (χ3n) is 0.505. The van der Waals surface area contributed by atoms with Gasteiger partial charge in [0, 0.05) is 0 Å². The summed E-state index contributed by atoms with van der Waals surface area (Å²) in [6.45, 7) is 0. The summed E-state index contributed by atoms with van der Waals surface area (Å²) in [6, 6.07) is 0. The minimum Gasteiger partial charge on any atom is -0.412 e. The SMILES string of the molecule is O.O=[N+]([O-])[N-]c1nn[nH]n1.[Li+]. The zero-order valence-corrected chi connectivity index (χ0v) is 5.55. The van der Waals surface area contributed by atoms with E-state index in [4.69, 9.17) is 0 Å². The van der Waals surface area contributed by atoms with Crippen molar-refractivity contribution < 1.29 is 29.4 Å². The molecule has 0 bridgehead atoms. The molecule has 0 fully saturated rings. The molecule has 0 aliphatic rings. The topological polar surface area (TPSA) is 143 Å². The van der Waals surface area contributed by atoms with Gasteiger partial charge in [0.2, 0.25) is 0 Å². The van der Waals surface area contributed by atoms with E-state index in [1.54, 1.807) is 0 Å². The maximum Gasteiger partial charge on any atom is 1.00 e. The molecule has 0 atom stereocenters. The van der Waals surface area contributed by atoms with Crippen molar-refractivity contribution in [2.45, 2.75) is 0 Å². The maximum atomic E-state index is 9.58. The molecule has 1 aromatic rings. The van der Waals surface area contributed by atoms with E-state index in [0.717, 1.165) is 0 Å². The van der Waals surface area contributed by atoms with Crippen LogP contribution in [-0.4, -0.2) is 31.1 Å². The number of nitro groups is 1. The second kappa shape index (κ2) is 5.60. The Morgan fingerprint density at radius 3 is 2.64 bits per heavy atom. The van der Waals surface area contributed by atoms with Gasteiger partial charge >= 0.3 is 18.9 Å². The first-order valence-corrected chi connectivity index (χ1v) is 1.88. The number of tetrazole rings is 1. The number of H-pyrrole nitrogens is 1. The van der Waals surface area contributed by atoms with Gasteiger partial charge in [-0.05, 0) is 0 Å². The van der Waals surface area contributed by atoms with Crippen LogP contribution in [0.15, 0.2) is 0 Å². The number of hydrogen-bond donors (Lipinski definition) is 1. The molecule has 0 saturated heterocycles. The number of rotatable bonds is 2. The standard InChI is InChI=1S/CHN6O2.Li.H2O/c8-7(9)4-1-2-5-6-3-1;;/h(H-,2,3,4,5,6);;1H2/q-1;+1;. The van der Waals surface area contributed by atoms with Crippen molar-refractivity contribution in [2.75, 3.05) is 0 Å². The third-order valence-corrected chi connectivity index (χ3v) is 0.505. The first-order valence-electron chi connectivity index (χ1n) is 1.88. The summed E-state index contributed by atoms with van der Waals surface area (Å²) >= 11 is 0. The summed E-state index contributed by atoms with van der Waals surface area (Å²) in [4.78, 5) is 9.58. The summed E-state index contributed by atoms with van der Waals surface area (Å²) in [5, 5.41) is 20.1. The Morgan fingerprint density at radius 2 is 2.27 bits per heavy atom. The Labute approximate surface area is 72.2 Å². The summed E-state index contributed by atoms with van der Waals surface area (Å²) in [6.07, 6.45) is 0. The molecule has 56 valence electrons. The van der Waals surface area contributed by atoms with Gasteiger partial charge in [-0.3, -0.25) is 10.3 Å². The predicted octanol–water partition coefficient (Wildman–Crippen LogP) is -4.42. The van der Waals surface area contributed by atoms with Crippen LogP contribution in [0.4, 0.5) is 5.95 Å². The van der Waals surface area contributed by atoms with Crippen molar-refractivity contribution in [2.24, 2.45) is 0 Å². The molecule has 1 heterocycles. The van der Waals surface area contributed by atoms with Crippen LogP contribution < -0.4 is 18.9 Å². The average molecular weight is 154 g/mol. The van der Waals surface area contributed by atoms with Gasteiger partial charge in [0.05, 0.1) is 0 Å². The van der Waals surface area contributed by atoms with Crippen molar-refractivity contribution in [1.82, 2.24) is 20.6 Å². The van der Waals surface area contributed by atoms with Crippen molar-refractivity contribution in [3.63, 3.8) is 0 Å². The maximum absolute atomic E-state index is 9.58. The number of nitrogens with one attached hydrogen (secondary N) is 1. The molecule has 0 unspecified atom stereocenters. The molecule has 0 aromatic carbocycles. The molecule has 10 heteroatoms. The largest absolute Gasteiger partial charge is 1.00 e. The molecule has 0 aliphatic heterocycles. The zero-order chi connectivity index (χ0) is 6.69. The molecule has 9 nitrogen and oxygen atoms in total. The summed E-state index contributed by atoms with van der Waals surface area (Å²) in [7, 11) is 0. The van der Waals surface area contributed by atoms with Gasteiger partial charge in [0.1, 0.15) is 11.0 Å². The molecule has 0 spiro atoms. The second-order valence-corrected chi connectivity index (χ2v) is 1.05. The van der Waals surface area contributed by atoms with E-state index in [0.29, 0.717) is 0 Å². The molecule has 0 saturated carbocycles. The number of aromatic amines is 1. The van der Waals surface area contributed by atoms with Crippen LogP contribution in [0.2, 0.25) is 0 Å². The molecular weight excluding hydrogens is 151 g/mol. The molecule has 0 amide bonds. The van der Waals surface area contributed by atoms with Crippen LogP contribution in [0, 0.1) is 10.1 Å². The number of nitrogens with zero attached hydrogens (tertiary/aromatic N) is 5. The van der Waals surface area contributed by atoms with Crippen molar-refractivity contribution >= 4 is 5.95 Å². The fourth-order valence-electron chi connectivity index (χ4n) is 0.272. The molecule has 0 aliphatic carbocycles. The van der Waals surface area contributed by atoms with E-state index in [9.17, 15) is 10.1 Å². The quantitative estimate of drug-likeness (QED) is 0.259. The number of aromatic nitrogens is 4. The van der Waals surface area contributed by atoms with Gasteiger partial charge in [-0.25, -0.2) is 15.2 Å². The second-order valence-electron chi connectivity index (χ2n) is 1.05. The summed E-state index contributed by atoms with van der Waals surface area (Å²) in [5.74, 6) is -0.278. The number of hydrogen-bond acceptors (Lipinski definition) is 5. The molecule has 1 aromatic heterocycles. The van der Waals surface area contributed by atoms with E-state index >= 15 is 0 Å². The fourth-order valence-corrected chi connectivity index (χ4v) is 0.272. The Balaban J connectivity index is 0. The minimum absolute atomic E-state index is 0. The minimum atomic E-state index is -0.898. The van der Waals surface area contributed by atoms with E-state index in [-0.39, 0.29) is 30.3 Å². The van der Waals surface area contributed by atoms with Crippen LogP contribution in [-0.2, 0) is 0 Å². The van der Waals surface area contributed by atoms with E-state index in [1.807, 2.05) is 5.21 Å². The van der Waals surface area contributed by atoms with Crippen LogP contribution in [0.1, 0.15) is 0 Å². The van der Waals surface area contributed by atoms with Crippen molar-refractivity contribution in [1.29, 1.82) is 0 Å². The first kappa shape index (κ1) is 12.5. The van der Waals surface area contributed by atoms with E-state index < -0.39 is 5.03 Å². The summed E-state index contributed by atoms with van der Waals surface area (Å²) < 4.78 is 0. The smallest absolute Gasteiger partial charge is 0.412 e. The third kappa shape index (κ3) is 4.26. The normalized spacial score (nSPS) is 7.27. The van der Waals surface area contributed by atoms with Gasteiger partial charge in [-0.1, -0.05) is 5.43 Å². The Kier molecular flexibility index (Phi) is 6.36. The van der Waals surface area contributed by atoms with Crippen molar-refractivity contribution in [3.05, 3.63) is 15.5 Å². The summed E-state index contributed by atoms with van der Waals surface area (Å²) in [5.41, 5.74) is 2.73. The predicted molar refractivity (Wildman–Crippen MR) is 27.8 cm³/mol. The Hall–Kier alpha value is -1.17. The monoisotopic (exact) mass is 154 g/mol. The Bertz CT molecular complexity index is 198. The molecule has 3 N–H and O–H groups in total. The van der Waals surface area contributed by atoms with Crippen LogP contribution in [0.3, 0.4) is 0 Å². The van der Waals surface area contributed by atoms with Gasteiger partial charge < -0.3 is 5.48 Å².